The molecule has 1 aromatic heterocycles. The summed E-state index contributed by atoms with van der Waals surface area (Å²) in [5.74, 6) is -1.08. The highest BCUT2D eigenvalue weighted by Gasteiger charge is 2.20. The van der Waals surface area contributed by atoms with Crippen molar-refractivity contribution in [2.45, 2.75) is 38.8 Å². The van der Waals surface area contributed by atoms with E-state index in [4.69, 9.17) is 9.84 Å². The number of carboxylic acids is 1. The molecule has 0 saturated carbocycles. The average Bonchev–Trinajstić information content (AvgIpc) is 2.64. The average molecular weight is 342 g/mol. The monoisotopic (exact) mass is 342 g/mol. The quantitative estimate of drug-likeness (QED) is 0.731. The van der Waals surface area contributed by atoms with Crippen LogP contribution in [0, 0.1) is 0 Å². The third-order valence-corrected chi connectivity index (χ3v) is 3.68. The van der Waals surface area contributed by atoms with Gasteiger partial charge in [-0.15, -0.1) is 0 Å². The molecule has 6 heteroatoms. The predicted octanol–water partition coefficient (Wildman–Crippen LogP) is 3.03. The van der Waals surface area contributed by atoms with Gasteiger partial charge >= 0.3 is 5.97 Å². The number of carboxylic acid groups (broad SMARTS) is 1. The number of nitrogens with one attached hydrogen (secondary N) is 1. The van der Waals surface area contributed by atoms with Crippen molar-refractivity contribution in [3.8, 4) is 5.88 Å². The van der Waals surface area contributed by atoms with Crippen molar-refractivity contribution in [1.82, 2.24) is 10.3 Å². The van der Waals surface area contributed by atoms with Crippen LogP contribution in [0.3, 0.4) is 0 Å². The molecule has 1 heterocycles. The molecule has 0 aliphatic heterocycles. The molecule has 0 radical (unpaired) electrons. The maximum absolute atomic E-state index is 12.2. The summed E-state index contributed by atoms with van der Waals surface area (Å²) in [5, 5.41) is 11.7. The van der Waals surface area contributed by atoms with Crippen molar-refractivity contribution >= 4 is 11.9 Å². The highest BCUT2D eigenvalue weighted by molar-refractivity contribution is 5.96. The second-order valence-corrected chi connectivity index (χ2v) is 5.67. The number of aliphatic carboxylic acids is 1. The SMILES string of the molecule is CCCCC(NC(=O)c1ccc(OCc2ccccc2)nc1)C(=O)O. The lowest BCUT2D eigenvalue weighted by Crippen LogP contribution is -2.40. The number of carbonyl (C=O) groups excluding carboxylic acids is 1. The van der Waals surface area contributed by atoms with Crippen molar-refractivity contribution in [3.05, 3.63) is 59.8 Å². The summed E-state index contributed by atoms with van der Waals surface area (Å²) in [6.45, 7) is 2.36. The van der Waals surface area contributed by atoms with Crippen molar-refractivity contribution in [1.29, 1.82) is 0 Å². The molecule has 132 valence electrons. The Hall–Kier alpha value is -2.89. The molecule has 0 aliphatic rings. The summed E-state index contributed by atoms with van der Waals surface area (Å²) in [6, 6.07) is 12.0. The van der Waals surface area contributed by atoms with Gasteiger partial charge in [0.05, 0.1) is 5.56 Å². The lowest BCUT2D eigenvalue weighted by molar-refractivity contribution is -0.139. The van der Waals surface area contributed by atoms with Gasteiger partial charge in [0.2, 0.25) is 5.88 Å². The molecule has 1 aromatic carbocycles. The van der Waals surface area contributed by atoms with E-state index in [0.29, 0.717) is 24.5 Å². The minimum Gasteiger partial charge on any atom is -0.480 e. The van der Waals surface area contributed by atoms with Gasteiger partial charge in [0.25, 0.3) is 5.91 Å². The minimum atomic E-state index is -1.03. The Bertz CT molecular complexity index is 686. The zero-order valence-electron chi connectivity index (χ0n) is 14.1. The fourth-order valence-electron chi connectivity index (χ4n) is 2.24. The third kappa shape index (κ3) is 5.91. The Morgan fingerprint density at radius 1 is 1.20 bits per heavy atom. The fourth-order valence-corrected chi connectivity index (χ4v) is 2.24. The zero-order valence-corrected chi connectivity index (χ0v) is 14.1. The van der Waals surface area contributed by atoms with Crippen LogP contribution in [0.2, 0.25) is 0 Å². The first-order valence-electron chi connectivity index (χ1n) is 8.26. The van der Waals surface area contributed by atoms with E-state index in [-0.39, 0.29) is 0 Å². The lowest BCUT2D eigenvalue weighted by atomic mass is 10.1. The fraction of sp³-hybridized carbons (Fsp3) is 0.316. The van der Waals surface area contributed by atoms with Gasteiger partial charge < -0.3 is 15.2 Å². The van der Waals surface area contributed by atoms with Crippen LogP contribution in [0.5, 0.6) is 5.88 Å². The van der Waals surface area contributed by atoms with Gasteiger partial charge in [-0.2, -0.15) is 0 Å². The lowest BCUT2D eigenvalue weighted by Gasteiger charge is -2.14. The Kier molecular flexibility index (Phi) is 6.95. The van der Waals surface area contributed by atoms with Crippen LogP contribution >= 0.6 is 0 Å². The predicted molar refractivity (Wildman–Crippen MR) is 93.4 cm³/mol. The largest absolute Gasteiger partial charge is 0.480 e. The molecular weight excluding hydrogens is 320 g/mol. The maximum Gasteiger partial charge on any atom is 0.326 e. The number of carbonyl (C=O) groups is 2. The Morgan fingerprint density at radius 3 is 2.56 bits per heavy atom. The van der Waals surface area contributed by atoms with E-state index in [2.05, 4.69) is 10.3 Å². The molecule has 1 amide bonds. The summed E-state index contributed by atoms with van der Waals surface area (Å²) < 4.78 is 5.56. The van der Waals surface area contributed by atoms with Crippen molar-refractivity contribution < 1.29 is 19.4 Å². The number of unbranched alkanes of at least 4 members (excludes halogenated alkanes) is 1. The second-order valence-electron chi connectivity index (χ2n) is 5.67. The molecule has 2 aromatic rings. The van der Waals surface area contributed by atoms with Gasteiger partial charge in [0.15, 0.2) is 0 Å². The van der Waals surface area contributed by atoms with E-state index in [1.165, 1.54) is 6.20 Å². The minimum absolute atomic E-state index is 0.301. The van der Waals surface area contributed by atoms with Gasteiger partial charge in [-0.25, -0.2) is 9.78 Å². The highest BCUT2D eigenvalue weighted by atomic mass is 16.5. The molecule has 2 N–H and O–H groups in total. The first-order valence-corrected chi connectivity index (χ1v) is 8.26. The highest BCUT2D eigenvalue weighted by Crippen LogP contribution is 2.11. The summed E-state index contributed by atoms with van der Waals surface area (Å²) in [6.07, 6.45) is 3.40. The number of hydrogen-bond donors (Lipinski definition) is 2. The smallest absolute Gasteiger partial charge is 0.326 e. The molecule has 0 saturated heterocycles. The number of rotatable bonds is 9. The number of nitrogens with zero attached hydrogens (tertiary/aromatic N) is 1. The van der Waals surface area contributed by atoms with Gasteiger partial charge in [0, 0.05) is 12.3 Å². The van der Waals surface area contributed by atoms with Gasteiger partial charge in [-0.3, -0.25) is 4.79 Å². The molecule has 6 nitrogen and oxygen atoms in total. The van der Waals surface area contributed by atoms with Crippen molar-refractivity contribution in [2.75, 3.05) is 0 Å². The number of benzene rings is 1. The molecule has 0 spiro atoms. The number of aromatic nitrogens is 1. The number of ether oxygens (including phenoxy) is 1. The molecule has 1 atom stereocenters. The maximum atomic E-state index is 12.2. The van der Waals surface area contributed by atoms with E-state index in [1.807, 2.05) is 37.3 Å². The normalized spacial score (nSPS) is 11.6. The van der Waals surface area contributed by atoms with Crippen LogP contribution in [0.15, 0.2) is 48.7 Å². The van der Waals surface area contributed by atoms with Gasteiger partial charge in [-0.1, -0.05) is 50.1 Å². The molecule has 0 bridgehead atoms. The standard InChI is InChI=1S/C19H22N2O4/c1-2-3-9-16(19(23)24)21-18(22)15-10-11-17(20-12-15)25-13-14-7-5-4-6-8-14/h4-8,10-12,16H,2-3,9,13H2,1H3,(H,21,22)(H,23,24). The number of pyridine rings is 1. The van der Waals surface area contributed by atoms with Crippen molar-refractivity contribution in [2.24, 2.45) is 0 Å². The Morgan fingerprint density at radius 2 is 1.96 bits per heavy atom. The van der Waals surface area contributed by atoms with Gasteiger partial charge in [0.1, 0.15) is 12.6 Å². The van der Waals surface area contributed by atoms with Gasteiger partial charge in [-0.05, 0) is 18.1 Å². The molecule has 0 fully saturated rings. The Balaban J connectivity index is 1.91. The van der Waals surface area contributed by atoms with E-state index in [1.54, 1.807) is 12.1 Å². The summed E-state index contributed by atoms with van der Waals surface area (Å²) >= 11 is 0. The van der Waals surface area contributed by atoms with Crippen LogP contribution in [-0.2, 0) is 11.4 Å². The Labute approximate surface area is 146 Å². The molecule has 25 heavy (non-hydrogen) atoms. The summed E-state index contributed by atoms with van der Waals surface area (Å²) in [5.41, 5.74) is 1.32. The van der Waals surface area contributed by atoms with Crippen LogP contribution < -0.4 is 10.1 Å². The van der Waals surface area contributed by atoms with E-state index in [9.17, 15) is 9.59 Å². The van der Waals surface area contributed by atoms with E-state index < -0.39 is 17.9 Å². The topological polar surface area (TPSA) is 88.5 Å². The van der Waals surface area contributed by atoms with Crippen LogP contribution in [0.4, 0.5) is 0 Å². The summed E-state index contributed by atoms with van der Waals surface area (Å²) in [7, 11) is 0. The first-order chi connectivity index (χ1) is 12.1. The second kappa shape index (κ2) is 9.42. The molecular formula is C19H22N2O4. The summed E-state index contributed by atoms with van der Waals surface area (Å²) in [4.78, 5) is 27.5. The van der Waals surface area contributed by atoms with Crippen molar-refractivity contribution in [3.63, 3.8) is 0 Å². The van der Waals surface area contributed by atoms with Crippen LogP contribution in [-0.4, -0.2) is 28.0 Å². The first kappa shape index (κ1) is 18.4. The molecule has 0 aliphatic carbocycles. The number of hydrogen-bond acceptors (Lipinski definition) is 4. The third-order valence-electron chi connectivity index (χ3n) is 3.68. The zero-order chi connectivity index (χ0) is 18.1. The van der Waals surface area contributed by atoms with E-state index in [0.717, 1.165) is 18.4 Å². The molecule has 2 rings (SSSR count). The molecule has 1 unspecified atom stereocenters. The van der Waals surface area contributed by atoms with E-state index >= 15 is 0 Å². The van der Waals surface area contributed by atoms with Crippen LogP contribution in [0.25, 0.3) is 0 Å². The van der Waals surface area contributed by atoms with Crippen LogP contribution in [0.1, 0.15) is 42.1 Å². The number of amides is 1.